The highest BCUT2D eigenvalue weighted by Crippen LogP contribution is 2.33. The summed E-state index contributed by atoms with van der Waals surface area (Å²) in [5, 5.41) is 8.25. The second kappa shape index (κ2) is 5.74. The first-order valence-electron chi connectivity index (χ1n) is 5.34. The van der Waals surface area contributed by atoms with Crippen LogP contribution in [0.5, 0.6) is 0 Å². The van der Waals surface area contributed by atoms with Gasteiger partial charge < -0.3 is 5.32 Å². The van der Waals surface area contributed by atoms with Crippen LogP contribution >= 0.6 is 43.5 Å². The molecule has 18 heavy (non-hydrogen) atoms. The summed E-state index contributed by atoms with van der Waals surface area (Å²) in [6.45, 7) is 0. The summed E-state index contributed by atoms with van der Waals surface area (Å²) in [7, 11) is 3.83. The number of benzene rings is 1. The van der Waals surface area contributed by atoms with Gasteiger partial charge in [-0.25, -0.2) is 0 Å². The molecular weight excluding hydrogens is 381 g/mol. The number of hydrogen-bond acceptors (Lipinski definition) is 2. The van der Waals surface area contributed by atoms with Gasteiger partial charge in [-0.2, -0.15) is 5.10 Å². The Morgan fingerprint density at radius 3 is 2.61 bits per heavy atom. The van der Waals surface area contributed by atoms with Crippen LogP contribution in [-0.4, -0.2) is 16.8 Å². The van der Waals surface area contributed by atoms with Crippen molar-refractivity contribution in [3.63, 3.8) is 0 Å². The second-order valence-corrected chi connectivity index (χ2v) is 6.03. The predicted octanol–water partition coefficient (Wildman–Crippen LogP) is 3.91. The Morgan fingerprint density at radius 2 is 2.06 bits per heavy atom. The van der Waals surface area contributed by atoms with Gasteiger partial charge in [0.1, 0.15) is 0 Å². The molecule has 2 aromatic rings. The maximum atomic E-state index is 6.08. The summed E-state index contributed by atoms with van der Waals surface area (Å²) >= 11 is 13.2. The monoisotopic (exact) mass is 391 g/mol. The molecule has 1 N–H and O–H groups in total. The first-order valence-corrected chi connectivity index (χ1v) is 7.30. The molecule has 0 aliphatic heterocycles. The Kier molecular flexibility index (Phi) is 4.48. The van der Waals surface area contributed by atoms with E-state index in [1.165, 1.54) is 0 Å². The molecule has 6 heteroatoms. The summed E-state index contributed by atoms with van der Waals surface area (Å²) in [5.74, 6) is 0. The average molecular weight is 394 g/mol. The molecule has 0 spiro atoms. The molecule has 2 rings (SSSR count). The van der Waals surface area contributed by atoms with Crippen LogP contribution in [0.15, 0.2) is 33.3 Å². The van der Waals surface area contributed by atoms with Crippen LogP contribution in [0.1, 0.15) is 17.3 Å². The van der Waals surface area contributed by atoms with Gasteiger partial charge in [-0.3, -0.25) is 4.68 Å². The number of nitrogens with one attached hydrogen (secondary N) is 1. The average Bonchev–Trinajstić information content (AvgIpc) is 2.66. The third kappa shape index (κ3) is 2.64. The van der Waals surface area contributed by atoms with Crippen molar-refractivity contribution in [1.29, 1.82) is 0 Å². The number of nitrogens with zero attached hydrogens (tertiary/aromatic N) is 2. The lowest BCUT2D eigenvalue weighted by Gasteiger charge is -2.19. The van der Waals surface area contributed by atoms with Gasteiger partial charge in [-0.1, -0.05) is 27.5 Å². The maximum absolute atomic E-state index is 6.08. The molecule has 0 aliphatic carbocycles. The number of hydrogen-bond donors (Lipinski definition) is 1. The number of aryl methyl sites for hydroxylation is 1. The highest BCUT2D eigenvalue weighted by Gasteiger charge is 2.21. The molecule has 1 heterocycles. The minimum Gasteiger partial charge on any atom is -0.308 e. The minimum absolute atomic E-state index is 0.0138. The van der Waals surface area contributed by atoms with Gasteiger partial charge in [0.05, 0.1) is 22.4 Å². The molecule has 0 saturated carbocycles. The van der Waals surface area contributed by atoms with E-state index in [-0.39, 0.29) is 6.04 Å². The van der Waals surface area contributed by atoms with E-state index < -0.39 is 0 Å². The van der Waals surface area contributed by atoms with Crippen LogP contribution in [-0.2, 0) is 7.05 Å². The normalized spacial score (nSPS) is 12.7. The molecule has 1 aromatic heterocycles. The number of rotatable bonds is 3. The molecular formula is C12H12Br2ClN3. The van der Waals surface area contributed by atoms with Crippen LogP contribution in [0.2, 0.25) is 5.02 Å². The third-order valence-electron chi connectivity index (χ3n) is 2.77. The zero-order chi connectivity index (χ0) is 13.3. The summed E-state index contributed by atoms with van der Waals surface area (Å²) in [5.41, 5.74) is 2.13. The predicted molar refractivity (Wildman–Crippen MR) is 81.0 cm³/mol. The Bertz CT molecular complexity index is 549. The SMILES string of the molecule is CNC(c1cc(Cl)ccc1Br)c1c(Br)cnn1C. The first kappa shape index (κ1) is 14.1. The van der Waals surface area contributed by atoms with E-state index in [0.717, 1.165) is 20.2 Å². The van der Waals surface area contributed by atoms with Gasteiger partial charge in [0.25, 0.3) is 0 Å². The standard InChI is InChI=1S/C12H12Br2ClN3/c1-16-11(12-10(14)6-17-18(12)2)8-5-7(15)3-4-9(8)13/h3-6,11,16H,1-2H3. The van der Waals surface area contributed by atoms with E-state index in [4.69, 9.17) is 11.6 Å². The van der Waals surface area contributed by atoms with E-state index >= 15 is 0 Å². The fourth-order valence-corrected chi connectivity index (χ4v) is 3.15. The molecule has 96 valence electrons. The van der Waals surface area contributed by atoms with Crippen LogP contribution in [0.3, 0.4) is 0 Å². The van der Waals surface area contributed by atoms with Crippen molar-refractivity contribution in [2.24, 2.45) is 7.05 Å². The van der Waals surface area contributed by atoms with Crippen molar-refractivity contribution in [2.75, 3.05) is 7.05 Å². The number of halogens is 3. The van der Waals surface area contributed by atoms with E-state index in [2.05, 4.69) is 42.3 Å². The van der Waals surface area contributed by atoms with Crippen molar-refractivity contribution in [3.8, 4) is 0 Å². The number of aromatic nitrogens is 2. The molecule has 0 amide bonds. The summed E-state index contributed by atoms with van der Waals surface area (Å²) in [6.07, 6.45) is 1.79. The topological polar surface area (TPSA) is 29.9 Å². The Balaban J connectivity index is 2.55. The van der Waals surface area contributed by atoms with Gasteiger partial charge in [0, 0.05) is 16.5 Å². The van der Waals surface area contributed by atoms with Crippen molar-refractivity contribution in [3.05, 3.63) is 49.6 Å². The Labute approximate surface area is 128 Å². The molecule has 0 radical (unpaired) electrons. The van der Waals surface area contributed by atoms with Gasteiger partial charge in [0.2, 0.25) is 0 Å². The molecule has 0 bridgehead atoms. The van der Waals surface area contributed by atoms with Gasteiger partial charge >= 0.3 is 0 Å². The van der Waals surface area contributed by atoms with Crippen molar-refractivity contribution >= 4 is 43.5 Å². The fourth-order valence-electron chi connectivity index (χ4n) is 1.92. The van der Waals surface area contributed by atoms with Crippen LogP contribution in [0.4, 0.5) is 0 Å². The zero-order valence-corrected chi connectivity index (χ0v) is 13.8. The van der Waals surface area contributed by atoms with Crippen LogP contribution < -0.4 is 5.32 Å². The summed E-state index contributed by atoms with van der Waals surface area (Å²) < 4.78 is 3.83. The molecule has 3 nitrogen and oxygen atoms in total. The highest BCUT2D eigenvalue weighted by molar-refractivity contribution is 9.10. The van der Waals surface area contributed by atoms with Crippen LogP contribution in [0.25, 0.3) is 0 Å². The lowest BCUT2D eigenvalue weighted by Crippen LogP contribution is -2.21. The largest absolute Gasteiger partial charge is 0.308 e. The summed E-state index contributed by atoms with van der Waals surface area (Å²) in [6, 6.07) is 5.78. The lowest BCUT2D eigenvalue weighted by molar-refractivity contribution is 0.602. The molecule has 1 atom stereocenters. The van der Waals surface area contributed by atoms with Crippen molar-refractivity contribution < 1.29 is 0 Å². The van der Waals surface area contributed by atoms with E-state index in [0.29, 0.717) is 5.02 Å². The van der Waals surface area contributed by atoms with Crippen molar-refractivity contribution in [2.45, 2.75) is 6.04 Å². The smallest absolute Gasteiger partial charge is 0.0768 e. The van der Waals surface area contributed by atoms with E-state index in [9.17, 15) is 0 Å². The van der Waals surface area contributed by atoms with Gasteiger partial charge in [-0.15, -0.1) is 0 Å². The molecule has 0 fully saturated rings. The van der Waals surface area contributed by atoms with Gasteiger partial charge in [0.15, 0.2) is 0 Å². The highest BCUT2D eigenvalue weighted by atomic mass is 79.9. The van der Waals surface area contributed by atoms with Crippen molar-refractivity contribution in [1.82, 2.24) is 15.1 Å². The third-order valence-corrected chi connectivity index (χ3v) is 4.34. The minimum atomic E-state index is 0.0138. The van der Waals surface area contributed by atoms with Crippen LogP contribution in [0, 0.1) is 0 Å². The fraction of sp³-hybridized carbons (Fsp3) is 0.250. The van der Waals surface area contributed by atoms with E-state index in [1.54, 1.807) is 6.20 Å². The first-order chi connectivity index (χ1) is 8.54. The molecule has 1 aromatic carbocycles. The molecule has 0 aliphatic rings. The molecule has 0 saturated heterocycles. The quantitative estimate of drug-likeness (QED) is 0.857. The lowest BCUT2D eigenvalue weighted by atomic mass is 10.0. The van der Waals surface area contributed by atoms with E-state index in [1.807, 2.05) is 37.0 Å². The Hall–Kier alpha value is -0.360. The maximum Gasteiger partial charge on any atom is 0.0768 e. The summed E-state index contributed by atoms with van der Waals surface area (Å²) in [4.78, 5) is 0. The molecule has 1 unspecified atom stereocenters. The van der Waals surface area contributed by atoms with Gasteiger partial charge in [-0.05, 0) is 46.7 Å². The Morgan fingerprint density at radius 1 is 1.33 bits per heavy atom. The zero-order valence-electron chi connectivity index (χ0n) is 9.92. The second-order valence-electron chi connectivity index (χ2n) is 3.89.